The molecule has 0 spiro atoms. The summed E-state index contributed by atoms with van der Waals surface area (Å²) in [5.41, 5.74) is 8.23. The Bertz CT molecular complexity index is 571. The molecule has 0 radical (unpaired) electrons. The number of hydrogen-bond acceptors (Lipinski definition) is 5. The number of thiol groups is 1. The van der Waals surface area contributed by atoms with Crippen LogP contribution in [0, 0.1) is 0 Å². The van der Waals surface area contributed by atoms with Gasteiger partial charge in [0, 0.05) is 17.0 Å². The lowest BCUT2D eigenvalue weighted by Gasteiger charge is -2.32. The largest absolute Gasteiger partial charge is 0.491 e. The molecule has 2 rings (SSSR count). The number of nitrogen functional groups attached to an aromatic ring is 1. The van der Waals surface area contributed by atoms with Crippen LogP contribution in [0.15, 0.2) is 23.7 Å². The second kappa shape index (κ2) is 6.28. The van der Waals surface area contributed by atoms with E-state index in [1.165, 1.54) is 0 Å². The van der Waals surface area contributed by atoms with Crippen LogP contribution in [0.2, 0.25) is 0 Å². The molecule has 4 nitrogen and oxygen atoms in total. The summed E-state index contributed by atoms with van der Waals surface area (Å²) < 4.78 is 12.1. The Morgan fingerprint density at radius 2 is 1.86 bits per heavy atom. The van der Waals surface area contributed by atoms with Gasteiger partial charge in [0.25, 0.3) is 0 Å². The van der Waals surface area contributed by atoms with Crippen LogP contribution < -0.4 is 5.73 Å². The monoisotopic (exact) mass is 321 g/mol. The van der Waals surface area contributed by atoms with Crippen LogP contribution >= 0.6 is 12.6 Å². The zero-order valence-corrected chi connectivity index (χ0v) is 14.5. The minimum atomic E-state index is -0.419. The molecule has 1 heterocycles. The highest BCUT2D eigenvalue weighted by molar-refractivity contribution is 7.80. The molecule has 6 heteroatoms. The third kappa shape index (κ3) is 3.35. The first-order chi connectivity index (χ1) is 10.2. The number of aliphatic hydroxyl groups is 1. The Morgan fingerprint density at radius 3 is 2.36 bits per heavy atom. The Kier molecular flexibility index (Phi) is 4.97. The molecular formula is C16H24BNO3S. The van der Waals surface area contributed by atoms with Crippen LogP contribution in [0.4, 0.5) is 5.69 Å². The summed E-state index contributed by atoms with van der Waals surface area (Å²) in [6, 6.07) is 5.56. The van der Waals surface area contributed by atoms with E-state index in [1.807, 2.05) is 45.9 Å². The standard InChI is InChI=1S/C16H24BNO3S/c1-15(2)16(3,4)21-17(20-15)13(10-22)8-11-5-6-14(18)12(7-11)9-19/h5-8,19,22H,9-10,18H2,1-4H3. The fourth-order valence-electron chi connectivity index (χ4n) is 2.25. The van der Waals surface area contributed by atoms with Gasteiger partial charge >= 0.3 is 7.12 Å². The highest BCUT2D eigenvalue weighted by Gasteiger charge is 2.52. The fourth-order valence-corrected chi connectivity index (χ4v) is 2.49. The van der Waals surface area contributed by atoms with E-state index in [2.05, 4.69) is 12.6 Å². The van der Waals surface area contributed by atoms with Gasteiger partial charge in [-0.15, -0.1) is 0 Å². The average molecular weight is 321 g/mol. The van der Waals surface area contributed by atoms with Crippen molar-refractivity contribution >= 4 is 31.5 Å². The van der Waals surface area contributed by atoms with Crippen molar-refractivity contribution in [2.45, 2.75) is 45.5 Å². The first-order valence-corrected chi connectivity index (χ1v) is 7.99. The van der Waals surface area contributed by atoms with Crippen molar-refractivity contribution < 1.29 is 14.4 Å². The number of rotatable bonds is 4. The van der Waals surface area contributed by atoms with Crippen molar-refractivity contribution in [3.05, 3.63) is 34.8 Å². The van der Waals surface area contributed by atoms with Crippen molar-refractivity contribution in [2.75, 3.05) is 11.5 Å². The normalized spacial score (nSPS) is 20.5. The molecule has 1 fully saturated rings. The molecule has 120 valence electrons. The summed E-state index contributed by atoms with van der Waals surface area (Å²) >= 11 is 4.40. The van der Waals surface area contributed by atoms with Gasteiger partial charge in [-0.05, 0) is 50.9 Å². The highest BCUT2D eigenvalue weighted by atomic mass is 32.1. The van der Waals surface area contributed by atoms with Gasteiger partial charge in [0.15, 0.2) is 0 Å². The van der Waals surface area contributed by atoms with E-state index in [9.17, 15) is 5.11 Å². The summed E-state index contributed by atoms with van der Waals surface area (Å²) in [7, 11) is -0.419. The maximum atomic E-state index is 9.32. The zero-order valence-electron chi connectivity index (χ0n) is 13.6. The maximum Gasteiger partial charge on any atom is 0.491 e. The molecule has 0 aliphatic carbocycles. The Hall–Kier alpha value is -0.945. The molecule has 0 bridgehead atoms. The lowest BCUT2D eigenvalue weighted by Crippen LogP contribution is -2.41. The van der Waals surface area contributed by atoms with Crippen molar-refractivity contribution in [3.8, 4) is 0 Å². The molecule has 3 N–H and O–H groups in total. The van der Waals surface area contributed by atoms with E-state index in [4.69, 9.17) is 15.0 Å². The minimum absolute atomic E-state index is 0.0831. The maximum absolute atomic E-state index is 9.32. The van der Waals surface area contributed by atoms with E-state index in [1.54, 1.807) is 6.07 Å². The summed E-state index contributed by atoms with van der Waals surface area (Å²) in [5.74, 6) is 0.523. The second-order valence-electron chi connectivity index (χ2n) is 6.58. The van der Waals surface area contributed by atoms with E-state index in [0.29, 0.717) is 17.0 Å². The van der Waals surface area contributed by atoms with E-state index >= 15 is 0 Å². The third-order valence-electron chi connectivity index (χ3n) is 4.43. The molecule has 1 aliphatic heterocycles. The molecule has 1 aliphatic rings. The van der Waals surface area contributed by atoms with E-state index in [0.717, 1.165) is 11.0 Å². The van der Waals surface area contributed by atoms with Gasteiger partial charge in [0.2, 0.25) is 0 Å². The van der Waals surface area contributed by atoms with Gasteiger partial charge in [-0.2, -0.15) is 12.6 Å². The summed E-state index contributed by atoms with van der Waals surface area (Å²) in [6.07, 6.45) is 1.98. The minimum Gasteiger partial charge on any atom is -0.400 e. The average Bonchev–Trinajstić information content (AvgIpc) is 2.66. The van der Waals surface area contributed by atoms with Crippen LogP contribution in [-0.4, -0.2) is 29.2 Å². The molecule has 1 aromatic carbocycles. The predicted octanol–water partition coefficient (Wildman–Crippen LogP) is 2.71. The Morgan fingerprint density at radius 1 is 1.27 bits per heavy atom. The summed E-state index contributed by atoms with van der Waals surface area (Å²) in [5, 5.41) is 9.32. The van der Waals surface area contributed by atoms with Gasteiger partial charge < -0.3 is 20.1 Å². The Balaban J connectivity index is 2.29. The van der Waals surface area contributed by atoms with Crippen LogP contribution in [0.5, 0.6) is 0 Å². The fraction of sp³-hybridized carbons (Fsp3) is 0.500. The van der Waals surface area contributed by atoms with Gasteiger partial charge in [-0.1, -0.05) is 12.1 Å². The quantitative estimate of drug-likeness (QED) is 0.453. The van der Waals surface area contributed by atoms with Crippen LogP contribution in [0.25, 0.3) is 6.08 Å². The second-order valence-corrected chi connectivity index (χ2v) is 6.90. The number of benzene rings is 1. The number of nitrogens with two attached hydrogens (primary N) is 1. The van der Waals surface area contributed by atoms with Crippen molar-refractivity contribution in [1.82, 2.24) is 0 Å². The lowest BCUT2D eigenvalue weighted by atomic mass is 9.78. The number of anilines is 1. The first kappa shape index (κ1) is 17.4. The molecule has 1 saturated heterocycles. The van der Waals surface area contributed by atoms with Crippen molar-refractivity contribution in [2.24, 2.45) is 0 Å². The molecule has 0 unspecified atom stereocenters. The van der Waals surface area contributed by atoms with Crippen molar-refractivity contribution in [1.29, 1.82) is 0 Å². The number of aliphatic hydroxyl groups excluding tert-OH is 1. The van der Waals surface area contributed by atoms with E-state index in [-0.39, 0.29) is 17.8 Å². The topological polar surface area (TPSA) is 64.7 Å². The van der Waals surface area contributed by atoms with E-state index < -0.39 is 7.12 Å². The van der Waals surface area contributed by atoms with Gasteiger partial charge in [-0.25, -0.2) is 0 Å². The molecule has 0 aromatic heterocycles. The third-order valence-corrected chi connectivity index (χ3v) is 4.79. The highest BCUT2D eigenvalue weighted by Crippen LogP contribution is 2.39. The lowest BCUT2D eigenvalue weighted by molar-refractivity contribution is 0.00578. The first-order valence-electron chi connectivity index (χ1n) is 7.36. The Labute approximate surface area is 138 Å². The van der Waals surface area contributed by atoms with Gasteiger partial charge in [-0.3, -0.25) is 0 Å². The van der Waals surface area contributed by atoms with Crippen LogP contribution in [0.3, 0.4) is 0 Å². The summed E-state index contributed by atoms with van der Waals surface area (Å²) in [4.78, 5) is 0. The number of hydrogen-bond donors (Lipinski definition) is 3. The molecule has 0 saturated carbocycles. The molecular weight excluding hydrogens is 297 g/mol. The van der Waals surface area contributed by atoms with Crippen molar-refractivity contribution in [3.63, 3.8) is 0 Å². The molecule has 22 heavy (non-hydrogen) atoms. The predicted molar refractivity (Wildman–Crippen MR) is 94.7 cm³/mol. The molecule has 0 amide bonds. The van der Waals surface area contributed by atoms with Crippen LogP contribution in [0.1, 0.15) is 38.8 Å². The molecule has 1 aromatic rings. The summed E-state index contributed by atoms with van der Waals surface area (Å²) in [6.45, 7) is 8.01. The van der Waals surface area contributed by atoms with Gasteiger partial charge in [0.05, 0.1) is 17.8 Å². The SMILES string of the molecule is CC1(C)OB(C(=Cc2ccc(N)c(CO)c2)CS)OC1(C)C. The zero-order chi connectivity index (χ0) is 16.5. The van der Waals surface area contributed by atoms with Crippen LogP contribution in [-0.2, 0) is 15.9 Å². The van der Waals surface area contributed by atoms with Gasteiger partial charge in [0.1, 0.15) is 0 Å². The molecule has 0 atom stereocenters. The smallest absolute Gasteiger partial charge is 0.400 e.